The van der Waals surface area contributed by atoms with Crippen molar-refractivity contribution in [2.24, 2.45) is 0 Å². The highest BCUT2D eigenvalue weighted by atomic mass is 35.5. The van der Waals surface area contributed by atoms with E-state index in [0.717, 1.165) is 21.8 Å². The maximum Gasteiger partial charge on any atom is 0.262 e. The van der Waals surface area contributed by atoms with Crippen LogP contribution in [-0.4, -0.2) is 12.5 Å². The molecule has 0 saturated carbocycles. The van der Waals surface area contributed by atoms with Gasteiger partial charge in [-0.1, -0.05) is 35.9 Å². The number of benzene rings is 2. The van der Waals surface area contributed by atoms with Crippen LogP contribution in [0.5, 0.6) is 5.75 Å². The normalized spacial score (nSPS) is 14.7. The van der Waals surface area contributed by atoms with Crippen LogP contribution < -0.4 is 15.4 Å². The molecule has 1 aliphatic rings. The molecule has 0 saturated heterocycles. The second kappa shape index (κ2) is 6.38. The summed E-state index contributed by atoms with van der Waals surface area (Å²) in [5, 5.41) is 7.02. The van der Waals surface area contributed by atoms with Gasteiger partial charge in [0.15, 0.2) is 6.61 Å². The molecule has 2 aromatic rings. The summed E-state index contributed by atoms with van der Waals surface area (Å²) in [5.41, 5.74) is 2.86. The number of carbonyl (C=O) groups excluding carboxylic acids is 1. The van der Waals surface area contributed by atoms with Crippen molar-refractivity contribution in [1.29, 1.82) is 0 Å². The molecular weight excluding hydrogens is 300 g/mol. The van der Waals surface area contributed by atoms with Crippen LogP contribution in [0.15, 0.2) is 42.5 Å². The number of fused-ring (bicyclic) bond motifs is 1. The molecule has 1 amide bonds. The molecule has 1 aliphatic heterocycles. The Morgan fingerprint density at radius 1 is 1.32 bits per heavy atom. The number of anilines is 1. The number of nitrogens with one attached hydrogen (secondary N) is 2. The van der Waals surface area contributed by atoms with Gasteiger partial charge in [-0.15, -0.1) is 0 Å². The van der Waals surface area contributed by atoms with E-state index in [1.165, 1.54) is 0 Å². The van der Waals surface area contributed by atoms with Gasteiger partial charge in [0.1, 0.15) is 5.75 Å². The van der Waals surface area contributed by atoms with Gasteiger partial charge < -0.3 is 15.4 Å². The van der Waals surface area contributed by atoms with Gasteiger partial charge in [-0.2, -0.15) is 0 Å². The number of hydrogen-bond donors (Lipinski definition) is 2. The highest BCUT2D eigenvalue weighted by Gasteiger charge is 2.17. The molecule has 3 rings (SSSR count). The fourth-order valence-electron chi connectivity index (χ4n) is 2.39. The smallest absolute Gasteiger partial charge is 0.262 e. The van der Waals surface area contributed by atoms with Crippen LogP contribution in [0.25, 0.3) is 0 Å². The molecule has 2 N–H and O–H groups in total. The average molecular weight is 317 g/mol. The van der Waals surface area contributed by atoms with Gasteiger partial charge >= 0.3 is 0 Å². The second-order valence-electron chi connectivity index (χ2n) is 5.29. The molecule has 0 spiro atoms. The molecule has 1 heterocycles. The topological polar surface area (TPSA) is 50.4 Å². The minimum absolute atomic E-state index is 0.0760. The van der Waals surface area contributed by atoms with Gasteiger partial charge in [0.05, 0.1) is 5.69 Å². The Balaban J connectivity index is 1.70. The fourth-order valence-corrected chi connectivity index (χ4v) is 2.60. The summed E-state index contributed by atoms with van der Waals surface area (Å²) < 4.78 is 5.37. The lowest BCUT2D eigenvalue weighted by Gasteiger charge is -2.21. The number of carbonyl (C=O) groups is 1. The molecule has 2 aromatic carbocycles. The Morgan fingerprint density at radius 3 is 2.95 bits per heavy atom. The van der Waals surface area contributed by atoms with Gasteiger partial charge in [-0.25, -0.2) is 0 Å². The van der Waals surface area contributed by atoms with Gasteiger partial charge in [-0.3, -0.25) is 4.79 Å². The lowest BCUT2D eigenvalue weighted by molar-refractivity contribution is -0.118. The molecule has 5 heteroatoms. The Hall–Kier alpha value is -2.04. The first-order valence-corrected chi connectivity index (χ1v) is 7.54. The summed E-state index contributed by atoms with van der Waals surface area (Å²) in [6.45, 7) is 2.83. The summed E-state index contributed by atoms with van der Waals surface area (Å²) in [6.07, 6.45) is 0. The molecule has 0 aliphatic carbocycles. The zero-order valence-electron chi connectivity index (χ0n) is 12.2. The molecule has 22 heavy (non-hydrogen) atoms. The zero-order valence-corrected chi connectivity index (χ0v) is 13.0. The van der Waals surface area contributed by atoms with Crippen LogP contribution >= 0.6 is 11.6 Å². The van der Waals surface area contributed by atoms with Crippen molar-refractivity contribution in [2.75, 3.05) is 11.9 Å². The number of ether oxygens (including phenoxy) is 1. The quantitative estimate of drug-likeness (QED) is 0.907. The predicted molar refractivity (Wildman–Crippen MR) is 87.3 cm³/mol. The first-order chi connectivity index (χ1) is 10.6. The van der Waals surface area contributed by atoms with Crippen molar-refractivity contribution in [3.63, 3.8) is 0 Å². The lowest BCUT2D eigenvalue weighted by Crippen LogP contribution is -2.26. The highest BCUT2D eigenvalue weighted by molar-refractivity contribution is 6.31. The number of amides is 1. The van der Waals surface area contributed by atoms with Crippen LogP contribution in [0.3, 0.4) is 0 Å². The zero-order chi connectivity index (χ0) is 15.5. The monoisotopic (exact) mass is 316 g/mol. The fraction of sp³-hybridized carbons (Fsp3) is 0.235. The van der Waals surface area contributed by atoms with Gasteiger partial charge in [-0.05, 0) is 36.2 Å². The van der Waals surface area contributed by atoms with Gasteiger partial charge in [0, 0.05) is 17.6 Å². The maximum absolute atomic E-state index is 11.4. The summed E-state index contributed by atoms with van der Waals surface area (Å²) in [5.74, 6) is 0.586. The van der Waals surface area contributed by atoms with Crippen LogP contribution in [0.1, 0.15) is 24.1 Å². The number of rotatable bonds is 4. The summed E-state index contributed by atoms with van der Waals surface area (Å²) in [4.78, 5) is 11.4. The van der Waals surface area contributed by atoms with Crippen LogP contribution in [0.4, 0.5) is 5.69 Å². The van der Waals surface area contributed by atoms with E-state index in [1.54, 1.807) is 0 Å². The highest BCUT2D eigenvalue weighted by Crippen LogP contribution is 2.30. The molecule has 1 unspecified atom stereocenters. The van der Waals surface area contributed by atoms with E-state index in [0.29, 0.717) is 12.3 Å². The van der Waals surface area contributed by atoms with Crippen LogP contribution in [0, 0.1) is 0 Å². The van der Waals surface area contributed by atoms with Crippen molar-refractivity contribution >= 4 is 23.2 Å². The minimum atomic E-state index is -0.124. The van der Waals surface area contributed by atoms with E-state index >= 15 is 0 Å². The third-order valence-corrected chi connectivity index (χ3v) is 4.06. The Bertz CT molecular complexity index is 703. The maximum atomic E-state index is 11.4. The van der Waals surface area contributed by atoms with Crippen molar-refractivity contribution < 1.29 is 9.53 Å². The minimum Gasteiger partial charge on any atom is -0.482 e. The Morgan fingerprint density at radius 2 is 2.14 bits per heavy atom. The van der Waals surface area contributed by atoms with Crippen LogP contribution in [-0.2, 0) is 11.3 Å². The van der Waals surface area contributed by atoms with E-state index < -0.39 is 0 Å². The molecule has 4 nitrogen and oxygen atoms in total. The SMILES string of the molecule is CC(NCc1ccccc1Cl)c1ccc2c(c1)NC(=O)CO2. The van der Waals surface area contributed by atoms with Gasteiger partial charge in [0.2, 0.25) is 0 Å². The summed E-state index contributed by atoms with van der Waals surface area (Å²) in [6, 6.07) is 13.7. The van der Waals surface area contributed by atoms with Gasteiger partial charge in [0.25, 0.3) is 5.91 Å². The third-order valence-electron chi connectivity index (χ3n) is 3.69. The number of halogens is 1. The molecule has 0 radical (unpaired) electrons. The Labute approximate surface area is 134 Å². The first kappa shape index (κ1) is 14.9. The number of hydrogen-bond acceptors (Lipinski definition) is 3. The van der Waals surface area contributed by atoms with E-state index in [2.05, 4.69) is 17.6 Å². The second-order valence-corrected chi connectivity index (χ2v) is 5.69. The molecule has 0 bridgehead atoms. The van der Waals surface area contributed by atoms with Crippen molar-refractivity contribution in [3.05, 3.63) is 58.6 Å². The largest absolute Gasteiger partial charge is 0.482 e. The third kappa shape index (κ3) is 3.24. The van der Waals surface area contributed by atoms with Crippen molar-refractivity contribution in [3.8, 4) is 5.75 Å². The summed E-state index contributed by atoms with van der Waals surface area (Å²) in [7, 11) is 0. The van der Waals surface area contributed by atoms with E-state index in [9.17, 15) is 4.79 Å². The van der Waals surface area contributed by atoms with Crippen molar-refractivity contribution in [1.82, 2.24) is 5.32 Å². The molecule has 0 aromatic heterocycles. The van der Waals surface area contributed by atoms with Crippen LogP contribution in [0.2, 0.25) is 5.02 Å². The van der Waals surface area contributed by atoms with Crippen molar-refractivity contribution in [2.45, 2.75) is 19.5 Å². The van der Waals surface area contributed by atoms with E-state index in [4.69, 9.17) is 16.3 Å². The molecule has 1 atom stereocenters. The molecular formula is C17H17ClN2O2. The van der Waals surface area contributed by atoms with E-state index in [-0.39, 0.29) is 18.6 Å². The average Bonchev–Trinajstić information content (AvgIpc) is 2.53. The standard InChI is InChI=1S/C17H17ClN2O2/c1-11(19-9-13-4-2-3-5-14(13)18)12-6-7-16-15(8-12)20-17(21)10-22-16/h2-8,11,19H,9-10H2,1H3,(H,20,21). The molecule has 0 fully saturated rings. The summed E-state index contributed by atoms with van der Waals surface area (Å²) >= 11 is 6.16. The predicted octanol–water partition coefficient (Wildman–Crippen LogP) is 3.52. The molecule has 114 valence electrons. The first-order valence-electron chi connectivity index (χ1n) is 7.17. The van der Waals surface area contributed by atoms with E-state index in [1.807, 2.05) is 42.5 Å². The lowest BCUT2D eigenvalue weighted by atomic mass is 10.1. The Kier molecular flexibility index (Phi) is 4.32.